The van der Waals surface area contributed by atoms with Crippen molar-refractivity contribution < 1.29 is 0 Å². The average Bonchev–Trinajstić information content (AvgIpc) is 2.47. The number of nitrogen functional groups attached to an aromatic ring is 1. The van der Waals surface area contributed by atoms with Crippen LogP contribution in [0.1, 0.15) is 25.7 Å². The summed E-state index contributed by atoms with van der Waals surface area (Å²) in [6.07, 6.45) is 8.87. The standard InChI is InChI=1S/C15H20N4S/c1-20-12-4-2-3-11(8-12)19-15-13-6-5-10(16)7-14(13)17-9-18-15/h5-7,9,11-12H,2-4,8,16H2,1H3,(H,17,18,19). The summed E-state index contributed by atoms with van der Waals surface area (Å²) in [6.45, 7) is 0. The molecule has 2 atom stereocenters. The van der Waals surface area contributed by atoms with Gasteiger partial charge in [-0.15, -0.1) is 0 Å². The van der Waals surface area contributed by atoms with Crippen LogP contribution in [-0.2, 0) is 0 Å². The zero-order chi connectivity index (χ0) is 13.9. The number of aromatic nitrogens is 2. The quantitative estimate of drug-likeness (QED) is 0.848. The zero-order valence-corrected chi connectivity index (χ0v) is 12.5. The number of nitrogens with zero attached hydrogens (tertiary/aromatic N) is 2. The van der Waals surface area contributed by atoms with E-state index in [4.69, 9.17) is 5.73 Å². The van der Waals surface area contributed by atoms with Crippen LogP contribution in [0.5, 0.6) is 0 Å². The van der Waals surface area contributed by atoms with Gasteiger partial charge in [0.15, 0.2) is 0 Å². The SMILES string of the molecule is CSC1CCCC(Nc2ncnc3cc(N)ccc23)C1. The third-order valence-electron chi connectivity index (χ3n) is 3.96. The predicted molar refractivity (Wildman–Crippen MR) is 87.1 cm³/mol. The second-order valence-corrected chi connectivity index (χ2v) is 6.50. The molecule has 5 heteroatoms. The van der Waals surface area contributed by atoms with Crippen molar-refractivity contribution in [2.24, 2.45) is 0 Å². The fraction of sp³-hybridized carbons (Fsp3) is 0.467. The molecule has 20 heavy (non-hydrogen) atoms. The molecule has 106 valence electrons. The molecule has 0 aliphatic heterocycles. The Kier molecular flexibility index (Phi) is 3.96. The van der Waals surface area contributed by atoms with Gasteiger partial charge in [0, 0.05) is 22.4 Å². The fourth-order valence-corrected chi connectivity index (χ4v) is 3.70. The van der Waals surface area contributed by atoms with Gasteiger partial charge in [0.25, 0.3) is 0 Å². The Bertz CT molecular complexity index is 601. The maximum atomic E-state index is 5.81. The third-order valence-corrected chi connectivity index (χ3v) is 5.06. The first-order valence-electron chi connectivity index (χ1n) is 7.06. The summed E-state index contributed by atoms with van der Waals surface area (Å²) in [4.78, 5) is 8.70. The van der Waals surface area contributed by atoms with E-state index in [0.717, 1.165) is 27.7 Å². The summed E-state index contributed by atoms with van der Waals surface area (Å²) >= 11 is 1.98. The summed E-state index contributed by atoms with van der Waals surface area (Å²) in [5, 5.41) is 5.42. The van der Waals surface area contributed by atoms with Crippen molar-refractivity contribution in [3.8, 4) is 0 Å². The second-order valence-electron chi connectivity index (χ2n) is 5.36. The molecule has 1 fully saturated rings. The fourth-order valence-electron chi connectivity index (χ4n) is 2.87. The molecule has 0 spiro atoms. The highest BCUT2D eigenvalue weighted by Gasteiger charge is 2.21. The van der Waals surface area contributed by atoms with Crippen LogP contribution in [0.25, 0.3) is 10.9 Å². The number of anilines is 2. The van der Waals surface area contributed by atoms with E-state index in [2.05, 4.69) is 21.5 Å². The van der Waals surface area contributed by atoms with Crippen molar-refractivity contribution in [1.82, 2.24) is 9.97 Å². The number of nitrogens with two attached hydrogens (primary N) is 1. The summed E-state index contributed by atoms with van der Waals surface area (Å²) < 4.78 is 0. The van der Waals surface area contributed by atoms with Crippen LogP contribution >= 0.6 is 11.8 Å². The molecule has 3 rings (SSSR count). The van der Waals surface area contributed by atoms with Crippen LogP contribution < -0.4 is 11.1 Å². The lowest BCUT2D eigenvalue weighted by Gasteiger charge is -2.29. The van der Waals surface area contributed by atoms with Gasteiger partial charge in [-0.25, -0.2) is 9.97 Å². The Balaban J connectivity index is 1.83. The van der Waals surface area contributed by atoms with Crippen molar-refractivity contribution in [3.05, 3.63) is 24.5 Å². The Morgan fingerprint density at radius 2 is 2.20 bits per heavy atom. The first kappa shape index (κ1) is 13.5. The highest BCUT2D eigenvalue weighted by atomic mass is 32.2. The van der Waals surface area contributed by atoms with Crippen LogP contribution in [0.4, 0.5) is 11.5 Å². The van der Waals surface area contributed by atoms with Gasteiger partial charge in [0.1, 0.15) is 12.1 Å². The molecule has 0 radical (unpaired) electrons. The molecular weight excluding hydrogens is 268 g/mol. The minimum absolute atomic E-state index is 0.511. The molecule has 1 aliphatic carbocycles. The Morgan fingerprint density at radius 3 is 3.05 bits per heavy atom. The number of hydrogen-bond acceptors (Lipinski definition) is 5. The van der Waals surface area contributed by atoms with Crippen molar-refractivity contribution in [2.75, 3.05) is 17.3 Å². The lowest BCUT2D eigenvalue weighted by Crippen LogP contribution is -2.29. The van der Waals surface area contributed by atoms with Crippen LogP contribution in [0.15, 0.2) is 24.5 Å². The van der Waals surface area contributed by atoms with Crippen LogP contribution in [0, 0.1) is 0 Å². The minimum atomic E-state index is 0.511. The van der Waals surface area contributed by atoms with Crippen LogP contribution in [0.3, 0.4) is 0 Å². The molecule has 1 aliphatic rings. The molecule has 2 aromatic rings. The van der Waals surface area contributed by atoms with Crippen LogP contribution in [-0.4, -0.2) is 27.5 Å². The summed E-state index contributed by atoms with van der Waals surface area (Å²) in [6, 6.07) is 6.31. The molecule has 2 unspecified atom stereocenters. The van der Waals surface area contributed by atoms with E-state index in [1.807, 2.05) is 30.0 Å². The van der Waals surface area contributed by atoms with Gasteiger partial charge >= 0.3 is 0 Å². The molecule has 1 aromatic carbocycles. The predicted octanol–water partition coefficient (Wildman–Crippen LogP) is 3.30. The van der Waals surface area contributed by atoms with E-state index >= 15 is 0 Å². The van der Waals surface area contributed by atoms with E-state index in [1.165, 1.54) is 25.7 Å². The van der Waals surface area contributed by atoms with Gasteiger partial charge in [0.05, 0.1) is 5.52 Å². The summed E-state index contributed by atoms with van der Waals surface area (Å²) in [5.74, 6) is 0.932. The molecular formula is C15H20N4S. The highest BCUT2D eigenvalue weighted by molar-refractivity contribution is 7.99. The largest absolute Gasteiger partial charge is 0.399 e. The molecule has 0 bridgehead atoms. The van der Waals surface area contributed by atoms with E-state index in [0.29, 0.717) is 6.04 Å². The molecule has 1 aromatic heterocycles. The number of nitrogens with one attached hydrogen (secondary N) is 1. The maximum Gasteiger partial charge on any atom is 0.137 e. The maximum absolute atomic E-state index is 5.81. The molecule has 0 saturated heterocycles. The van der Waals surface area contributed by atoms with Gasteiger partial charge < -0.3 is 11.1 Å². The topological polar surface area (TPSA) is 63.8 Å². The first-order chi connectivity index (χ1) is 9.76. The Labute approximate surface area is 123 Å². The number of hydrogen-bond donors (Lipinski definition) is 2. The number of thioether (sulfide) groups is 1. The molecule has 1 heterocycles. The number of fused-ring (bicyclic) bond motifs is 1. The van der Waals surface area contributed by atoms with Crippen molar-refractivity contribution in [3.63, 3.8) is 0 Å². The lowest BCUT2D eigenvalue weighted by atomic mass is 9.95. The van der Waals surface area contributed by atoms with Gasteiger partial charge in [-0.05, 0) is 43.7 Å². The lowest BCUT2D eigenvalue weighted by molar-refractivity contribution is 0.473. The van der Waals surface area contributed by atoms with Gasteiger partial charge in [-0.1, -0.05) is 6.42 Å². The number of rotatable bonds is 3. The molecule has 0 amide bonds. The minimum Gasteiger partial charge on any atom is -0.399 e. The Morgan fingerprint density at radius 1 is 1.30 bits per heavy atom. The van der Waals surface area contributed by atoms with E-state index < -0.39 is 0 Å². The van der Waals surface area contributed by atoms with Gasteiger partial charge in [0.2, 0.25) is 0 Å². The Hall–Kier alpha value is -1.49. The second kappa shape index (κ2) is 5.87. The van der Waals surface area contributed by atoms with Crippen molar-refractivity contribution in [1.29, 1.82) is 0 Å². The third kappa shape index (κ3) is 2.82. The van der Waals surface area contributed by atoms with E-state index in [9.17, 15) is 0 Å². The highest BCUT2D eigenvalue weighted by Crippen LogP contribution is 2.30. The molecule has 3 N–H and O–H groups in total. The van der Waals surface area contributed by atoms with Crippen molar-refractivity contribution in [2.45, 2.75) is 37.0 Å². The summed E-state index contributed by atoms with van der Waals surface area (Å²) in [5.41, 5.74) is 7.45. The monoisotopic (exact) mass is 288 g/mol. The number of benzene rings is 1. The van der Waals surface area contributed by atoms with Crippen molar-refractivity contribution >= 4 is 34.2 Å². The zero-order valence-electron chi connectivity index (χ0n) is 11.7. The van der Waals surface area contributed by atoms with Gasteiger partial charge in [-0.3, -0.25) is 0 Å². The van der Waals surface area contributed by atoms with E-state index in [-0.39, 0.29) is 0 Å². The van der Waals surface area contributed by atoms with Gasteiger partial charge in [-0.2, -0.15) is 11.8 Å². The van der Waals surface area contributed by atoms with Crippen LogP contribution in [0.2, 0.25) is 0 Å². The smallest absolute Gasteiger partial charge is 0.137 e. The van der Waals surface area contributed by atoms with E-state index in [1.54, 1.807) is 6.33 Å². The average molecular weight is 288 g/mol. The normalized spacial score (nSPS) is 22.9. The first-order valence-corrected chi connectivity index (χ1v) is 8.34. The molecule has 4 nitrogen and oxygen atoms in total. The summed E-state index contributed by atoms with van der Waals surface area (Å²) in [7, 11) is 0. The molecule has 1 saturated carbocycles.